The summed E-state index contributed by atoms with van der Waals surface area (Å²) < 4.78 is 23.8. The topological polar surface area (TPSA) is 59.6 Å². The first-order valence-electron chi connectivity index (χ1n) is 7.96. The van der Waals surface area contributed by atoms with Crippen LogP contribution in [0.25, 0.3) is 0 Å². The highest BCUT2D eigenvalue weighted by Crippen LogP contribution is 2.37. The maximum absolute atomic E-state index is 12.8. The van der Waals surface area contributed by atoms with Gasteiger partial charge in [-0.2, -0.15) is 0 Å². The molecule has 132 valence electrons. The van der Waals surface area contributed by atoms with E-state index in [1.54, 1.807) is 24.3 Å². The normalized spacial score (nSPS) is 12.6. The lowest BCUT2D eigenvalue weighted by atomic mass is 10.1. The molecule has 0 unspecified atom stereocenters. The number of anilines is 1. The van der Waals surface area contributed by atoms with Gasteiger partial charge in [0, 0.05) is 18.7 Å². The highest BCUT2D eigenvalue weighted by atomic mass is 35.5. The zero-order valence-electron chi connectivity index (χ0n) is 13.5. The van der Waals surface area contributed by atoms with Crippen molar-refractivity contribution in [2.75, 3.05) is 31.6 Å². The summed E-state index contributed by atoms with van der Waals surface area (Å²) in [5.74, 6) is 0.779. The van der Waals surface area contributed by atoms with Gasteiger partial charge in [-0.25, -0.2) is 4.39 Å². The third kappa shape index (κ3) is 4.76. The molecule has 0 saturated heterocycles. The lowest BCUT2D eigenvalue weighted by molar-refractivity contribution is -0.119. The zero-order valence-corrected chi connectivity index (χ0v) is 14.2. The number of rotatable bonds is 6. The van der Waals surface area contributed by atoms with Crippen LogP contribution in [-0.2, 0) is 11.2 Å². The molecular formula is C18H18ClFN2O3. The number of carbonyl (C=O) groups excluding carboxylic acids is 1. The Morgan fingerprint density at radius 2 is 1.80 bits per heavy atom. The van der Waals surface area contributed by atoms with E-state index >= 15 is 0 Å². The minimum Gasteiger partial charge on any atom is -0.486 e. The van der Waals surface area contributed by atoms with Crippen molar-refractivity contribution in [1.82, 2.24) is 5.32 Å². The SMILES string of the molecule is O=C(CNc1cc2c(cc1Cl)OCCO2)NCCc1ccc(F)cc1. The van der Waals surface area contributed by atoms with E-state index in [0.29, 0.717) is 48.4 Å². The maximum atomic E-state index is 12.8. The molecule has 1 aliphatic rings. The maximum Gasteiger partial charge on any atom is 0.239 e. The first-order valence-corrected chi connectivity index (χ1v) is 8.34. The highest BCUT2D eigenvalue weighted by molar-refractivity contribution is 6.33. The van der Waals surface area contributed by atoms with E-state index in [2.05, 4.69) is 10.6 Å². The summed E-state index contributed by atoms with van der Waals surface area (Å²) in [4.78, 5) is 11.9. The zero-order chi connectivity index (χ0) is 17.6. The fourth-order valence-electron chi connectivity index (χ4n) is 2.43. The van der Waals surface area contributed by atoms with E-state index in [0.717, 1.165) is 5.56 Å². The number of hydrogen-bond acceptors (Lipinski definition) is 4. The van der Waals surface area contributed by atoms with E-state index in [1.165, 1.54) is 12.1 Å². The molecule has 5 nitrogen and oxygen atoms in total. The minimum atomic E-state index is -0.270. The second-order valence-electron chi connectivity index (χ2n) is 5.56. The molecule has 0 radical (unpaired) electrons. The lowest BCUT2D eigenvalue weighted by Crippen LogP contribution is -2.31. The molecule has 3 rings (SSSR count). The van der Waals surface area contributed by atoms with Crippen molar-refractivity contribution in [2.45, 2.75) is 6.42 Å². The summed E-state index contributed by atoms with van der Waals surface area (Å²) in [5.41, 5.74) is 1.57. The van der Waals surface area contributed by atoms with Crippen molar-refractivity contribution in [3.8, 4) is 11.5 Å². The molecule has 0 fully saturated rings. The van der Waals surface area contributed by atoms with Crippen molar-refractivity contribution < 1.29 is 18.7 Å². The third-order valence-electron chi connectivity index (χ3n) is 3.72. The molecule has 0 aromatic heterocycles. The molecule has 0 atom stereocenters. The lowest BCUT2D eigenvalue weighted by Gasteiger charge is -2.20. The van der Waals surface area contributed by atoms with Crippen molar-refractivity contribution in [2.24, 2.45) is 0 Å². The predicted octanol–water partition coefficient (Wildman–Crippen LogP) is 3.02. The molecule has 2 N–H and O–H groups in total. The molecule has 1 aliphatic heterocycles. The fourth-order valence-corrected chi connectivity index (χ4v) is 2.66. The first-order chi connectivity index (χ1) is 12.1. The molecule has 7 heteroatoms. The van der Waals surface area contributed by atoms with Crippen LogP contribution in [0.4, 0.5) is 10.1 Å². The average molecular weight is 365 g/mol. The van der Waals surface area contributed by atoms with Crippen LogP contribution >= 0.6 is 11.6 Å². The molecule has 0 aliphatic carbocycles. The largest absolute Gasteiger partial charge is 0.486 e. The van der Waals surface area contributed by atoms with Crippen molar-refractivity contribution in [3.05, 3.63) is 52.8 Å². The summed E-state index contributed by atoms with van der Waals surface area (Å²) in [6.45, 7) is 1.54. The van der Waals surface area contributed by atoms with E-state index in [1.807, 2.05) is 0 Å². The minimum absolute atomic E-state index is 0.0861. The van der Waals surface area contributed by atoms with Gasteiger partial charge < -0.3 is 20.1 Å². The van der Waals surface area contributed by atoms with Gasteiger partial charge in [0.15, 0.2) is 11.5 Å². The van der Waals surface area contributed by atoms with Gasteiger partial charge in [-0.15, -0.1) is 0 Å². The Hall–Kier alpha value is -2.47. The molecule has 25 heavy (non-hydrogen) atoms. The third-order valence-corrected chi connectivity index (χ3v) is 4.03. The van der Waals surface area contributed by atoms with Crippen LogP contribution in [-0.4, -0.2) is 32.2 Å². The van der Waals surface area contributed by atoms with Gasteiger partial charge in [0.2, 0.25) is 5.91 Å². The molecule has 1 amide bonds. The number of amides is 1. The van der Waals surface area contributed by atoms with Crippen molar-refractivity contribution in [3.63, 3.8) is 0 Å². The van der Waals surface area contributed by atoms with Crippen LogP contribution in [0.2, 0.25) is 5.02 Å². The van der Waals surface area contributed by atoms with E-state index < -0.39 is 0 Å². The Morgan fingerprint density at radius 1 is 1.12 bits per heavy atom. The Morgan fingerprint density at radius 3 is 2.52 bits per heavy atom. The van der Waals surface area contributed by atoms with Gasteiger partial charge in [-0.05, 0) is 24.1 Å². The summed E-state index contributed by atoms with van der Waals surface area (Å²) >= 11 is 6.18. The van der Waals surface area contributed by atoms with E-state index in [-0.39, 0.29) is 18.3 Å². The van der Waals surface area contributed by atoms with Gasteiger partial charge in [0.05, 0.1) is 17.3 Å². The summed E-state index contributed by atoms with van der Waals surface area (Å²) in [5, 5.41) is 6.25. The number of nitrogens with one attached hydrogen (secondary N) is 2. The van der Waals surface area contributed by atoms with Crippen molar-refractivity contribution >= 4 is 23.2 Å². The van der Waals surface area contributed by atoms with Gasteiger partial charge in [-0.1, -0.05) is 23.7 Å². The van der Waals surface area contributed by atoms with Gasteiger partial charge in [0.25, 0.3) is 0 Å². The average Bonchev–Trinajstić information content (AvgIpc) is 2.61. The number of fused-ring (bicyclic) bond motifs is 1. The van der Waals surface area contributed by atoms with Crippen LogP contribution in [0, 0.1) is 5.82 Å². The number of halogens is 2. The second-order valence-corrected chi connectivity index (χ2v) is 5.96. The number of ether oxygens (including phenoxy) is 2. The van der Waals surface area contributed by atoms with Crippen LogP contribution in [0.5, 0.6) is 11.5 Å². The molecular weight excluding hydrogens is 347 g/mol. The molecule has 0 bridgehead atoms. The highest BCUT2D eigenvalue weighted by Gasteiger charge is 2.15. The summed E-state index contributed by atoms with van der Waals surface area (Å²) in [6, 6.07) is 9.61. The Bertz CT molecular complexity index is 753. The first kappa shape index (κ1) is 17.4. The van der Waals surface area contributed by atoms with Gasteiger partial charge >= 0.3 is 0 Å². The van der Waals surface area contributed by atoms with Gasteiger partial charge in [-0.3, -0.25) is 4.79 Å². The predicted molar refractivity (Wildman–Crippen MR) is 94.0 cm³/mol. The molecule has 0 spiro atoms. The van der Waals surface area contributed by atoms with Crippen LogP contribution in [0.3, 0.4) is 0 Å². The standard InChI is InChI=1S/C18H18ClFN2O3/c19-14-9-16-17(25-8-7-24-16)10-15(14)22-11-18(23)21-6-5-12-1-3-13(20)4-2-12/h1-4,9-10,22H,5-8,11H2,(H,21,23). The van der Waals surface area contributed by atoms with E-state index in [9.17, 15) is 9.18 Å². The number of hydrogen-bond donors (Lipinski definition) is 2. The Balaban J connectivity index is 1.46. The second kappa shape index (κ2) is 8.07. The van der Waals surface area contributed by atoms with Gasteiger partial charge in [0.1, 0.15) is 19.0 Å². The molecule has 2 aromatic rings. The van der Waals surface area contributed by atoms with Crippen LogP contribution < -0.4 is 20.1 Å². The molecule has 1 heterocycles. The molecule has 0 saturated carbocycles. The fraction of sp³-hybridized carbons (Fsp3) is 0.278. The van der Waals surface area contributed by atoms with Crippen LogP contribution in [0.1, 0.15) is 5.56 Å². The number of carbonyl (C=O) groups is 1. The van der Waals surface area contributed by atoms with E-state index in [4.69, 9.17) is 21.1 Å². The van der Waals surface area contributed by atoms with Crippen LogP contribution in [0.15, 0.2) is 36.4 Å². The summed E-state index contributed by atoms with van der Waals surface area (Å²) in [6.07, 6.45) is 0.636. The molecule has 2 aromatic carbocycles. The number of benzene rings is 2. The van der Waals surface area contributed by atoms with Crippen molar-refractivity contribution in [1.29, 1.82) is 0 Å². The smallest absolute Gasteiger partial charge is 0.239 e. The Kier molecular flexibility index (Phi) is 5.60. The summed E-state index contributed by atoms with van der Waals surface area (Å²) in [7, 11) is 0. The Labute approximate surface area is 150 Å². The quantitative estimate of drug-likeness (QED) is 0.827. The monoisotopic (exact) mass is 364 g/mol.